The fourth-order valence-corrected chi connectivity index (χ4v) is 3.69. The summed E-state index contributed by atoms with van der Waals surface area (Å²) in [6, 6.07) is 7.54. The molecule has 1 N–H and O–H groups in total. The predicted octanol–water partition coefficient (Wildman–Crippen LogP) is 3.02. The Balaban J connectivity index is 1.60. The second kappa shape index (κ2) is 8.24. The van der Waals surface area contributed by atoms with Crippen molar-refractivity contribution >= 4 is 34.5 Å². The van der Waals surface area contributed by atoms with Gasteiger partial charge in [0.1, 0.15) is 11.6 Å². The molecule has 1 aromatic carbocycles. The zero-order valence-electron chi connectivity index (χ0n) is 16.6. The highest BCUT2D eigenvalue weighted by Crippen LogP contribution is 2.27. The number of urea groups is 1. The molecule has 2 amide bonds. The Labute approximate surface area is 174 Å². The Kier molecular flexibility index (Phi) is 5.53. The molecule has 4 rings (SSSR count). The number of anilines is 1. The summed E-state index contributed by atoms with van der Waals surface area (Å²) in [6.07, 6.45) is 2.73. The maximum Gasteiger partial charge on any atom is 0.317 e. The minimum absolute atomic E-state index is 0.00397. The molecule has 0 spiro atoms. The molecule has 3 heterocycles. The molecule has 0 aliphatic carbocycles. The highest BCUT2D eigenvalue weighted by molar-refractivity contribution is 6.30. The third-order valence-corrected chi connectivity index (χ3v) is 5.20. The number of amides is 2. The van der Waals surface area contributed by atoms with Crippen molar-refractivity contribution in [3.8, 4) is 5.69 Å². The Hall–Kier alpha value is -2.87. The van der Waals surface area contributed by atoms with Gasteiger partial charge in [-0.3, -0.25) is 0 Å². The van der Waals surface area contributed by atoms with Gasteiger partial charge in [0.15, 0.2) is 5.65 Å². The second-order valence-corrected chi connectivity index (χ2v) is 7.51. The molecule has 1 fully saturated rings. The van der Waals surface area contributed by atoms with Gasteiger partial charge in [0, 0.05) is 37.7 Å². The summed E-state index contributed by atoms with van der Waals surface area (Å²) in [5.74, 6) is 1.54. The highest BCUT2D eigenvalue weighted by atomic mass is 35.5. The normalized spacial score (nSPS) is 14.4. The predicted molar refractivity (Wildman–Crippen MR) is 114 cm³/mol. The molecule has 9 heteroatoms. The number of rotatable bonds is 4. The number of fused-ring (bicyclic) bond motifs is 1. The lowest BCUT2D eigenvalue weighted by Gasteiger charge is -2.35. The molecule has 29 heavy (non-hydrogen) atoms. The number of hydrogen-bond acceptors (Lipinski definition) is 5. The van der Waals surface area contributed by atoms with Crippen LogP contribution in [0.4, 0.5) is 10.6 Å². The Morgan fingerprint density at radius 2 is 2.00 bits per heavy atom. The number of carbonyl (C=O) groups is 1. The van der Waals surface area contributed by atoms with E-state index in [0.29, 0.717) is 43.6 Å². The van der Waals surface area contributed by atoms with Crippen molar-refractivity contribution in [1.29, 1.82) is 0 Å². The third-order valence-electron chi connectivity index (χ3n) is 4.97. The SMILES string of the molecule is CCCNC(=O)N1CCN(c2nc(C)nc3c2cnn3-c2cccc(Cl)c2)CC1. The fourth-order valence-electron chi connectivity index (χ4n) is 3.50. The first-order valence-electron chi connectivity index (χ1n) is 9.83. The van der Waals surface area contributed by atoms with Gasteiger partial charge in [0.25, 0.3) is 0 Å². The zero-order valence-corrected chi connectivity index (χ0v) is 17.4. The van der Waals surface area contributed by atoms with E-state index in [0.717, 1.165) is 29.0 Å². The lowest BCUT2D eigenvalue weighted by atomic mass is 10.2. The zero-order chi connectivity index (χ0) is 20.4. The van der Waals surface area contributed by atoms with Crippen LogP contribution in [0, 0.1) is 6.92 Å². The maximum absolute atomic E-state index is 12.2. The average Bonchev–Trinajstić information content (AvgIpc) is 3.15. The number of carbonyl (C=O) groups excluding carboxylic acids is 1. The molecule has 0 atom stereocenters. The average molecular weight is 414 g/mol. The molecule has 1 aliphatic heterocycles. The Morgan fingerprint density at radius 3 is 2.72 bits per heavy atom. The van der Waals surface area contributed by atoms with Gasteiger partial charge in [0.05, 0.1) is 17.3 Å². The quantitative estimate of drug-likeness (QED) is 0.711. The minimum Gasteiger partial charge on any atom is -0.352 e. The topological polar surface area (TPSA) is 79.2 Å². The third kappa shape index (κ3) is 3.98. The van der Waals surface area contributed by atoms with E-state index in [1.807, 2.05) is 43.0 Å². The van der Waals surface area contributed by atoms with Crippen molar-refractivity contribution in [2.24, 2.45) is 0 Å². The van der Waals surface area contributed by atoms with Gasteiger partial charge in [-0.2, -0.15) is 5.10 Å². The van der Waals surface area contributed by atoms with Crippen molar-refractivity contribution in [3.63, 3.8) is 0 Å². The second-order valence-electron chi connectivity index (χ2n) is 7.07. The summed E-state index contributed by atoms with van der Waals surface area (Å²) in [7, 11) is 0. The van der Waals surface area contributed by atoms with Crippen molar-refractivity contribution in [2.45, 2.75) is 20.3 Å². The molecule has 1 saturated heterocycles. The lowest BCUT2D eigenvalue weighted by Crippen LogP contribution is -2.52. The first-order valence-corrected chi connectivity index (χ1v) is 10.2. The summed E-state index contributed by atoms with van der Waals surface area (Å²) in [5.41, 5.74) is 1.60. The van der Waals surface area contributed by atoms with E-state index in [4.69, 9.17) is 11.6 Å². The standard InChI is InChI=1S/C20H24ClN7O/c1-3-7-22-20(29)27-10-8-26(9-11-27)18-17-13-23-28(19(17)25-14(2)24-18)16-6-4-5-15(21)12-16/h4-6,12-13H,3,7-11H2,1-2H3,(H,22,29). The van der Waals surface area contributed by atoms with E-state index < -0.39 is 0 Å². The first-order chi connectivity index (χ1) is 14.1. The monoisotopic (exact) mass is 413 g/mol. The molecule has 0 bridgehead atoms. The molecule has 0 unspecified atom stereocenters. The van der Waals surface area contributed by atoms with E-state index in [1.54, 1.807) is 10.9 Å². The van der Waals surface area contributed by atoms with Crippen LogP contribution < -0.4 is 10.2 Å². The van der Waals surface area contributed by atoms with E-state index in [9.17, 15) is 4.79 Å². The van der Waals surface area contributed by atoms with E-state index in [-0.39, 0.29) is 6.03 Å². The molecule has 2 aromatic heterocycles. The number of halogens is 1. The summed E-state index contributed by atoms with van der Waals surface area (Å²) >= 11 is 6.15. The Bertz CT molecular complexity index is 1030. The van der Waals surface area contributed by atoms with Crippen molar-refractivity contribution < 1.29 is 4.79 Å². The number of hydrogen-bond donors (Lipinski definition) is 1. The van der Waals surface area contributed by atoms with Crippen molar-refractivity contribution in [3.05, 3.63) is 41.3 Å². The molecule has 1 aliphatic rings. The van der Waals surface area contributed by atoms with Gasteiger partial charge in [-0.25, -0.2) is 19.4 Å². The summed E-state index contributed by atoms with van der Waals surface area (Å²) in [6.45, 7) is 7.37. The number of aryl methyl sites for hydroxylation is 1. The molecule has 152 valence electrons. The number of nitrogens with one attached hydrogen (secondary N) is 1. The molecule has 3 aromatic rings. The number of piperazine rings is 1. The van der Waals surface area contributed by atoms with Gasteiger partial charge < -0.3 is 15.1 Å². The summed E-state index contributed by atoms with van der Waals surface area (Å²) in [5, 5.41) is 9.01. The van der Waals surface area contributed by atoms with Crippen LogP contribution in [0.3, 0.4) is 0 Å². The van der Waals surface area contributed by atoms with Crippen LogP contribution in [0.1, 0.15) is 19.2 Å². The van der Waals surface area contributed by atoms with Gasteiger partial charge in [-0.15, -0.1) is 0 Å². The van der Waals surface area contributed by atoms with Crippen molar-refractivity contribution in [1.82, 2.24) is 30.0 Å². The maximum atomic E-state index is 12.2. The summed E-state index contributed by atoms with van der Waals surface area (Å²) < 4.78 is 1.79. The molecule has 0 radical (unpaired) electrons. The largest absolute Gasteiger partial charge is 0.352 e. The lowest BCUT2D eigenvalue weighted by molar-refractivity contribution is 0.194. The number of nitrogens with zero attached hydrogens (tertiary/aromatic N) is 6. The van der Waals surface area contributed by atoms with E-state index in [1.165, 1.54) is 0 Å². The van der Waals surface area contributed by atoms with Crippen LogP contribution in [0.25, 0.3) is 16.7 Å². The molecular formula is C20H24ClN7O. The summed E-state index contributed by atoms with van der Waals surface area (Å²) in [4.78, 5) is 25.6. The van der Waals surface area contributed by atoms with Gasteiger partial charge >= 0.3 is 6.03 Å². The van der Waals surface area contributed by atoms with Crippen LogP contribution in [0.15, 0.2) is 30.5 Å². The van der Waals surface area contributed by atoms with Crippen LogP contribution >= 0.6 is 11.6 Å². The van der Waals surface area contributed by atoms with Gasteiger partial charge in [-0.1, -0.05) is 24.6 Å². The van der Waals surface area contributed by atoms with Gasteiger partial charge in [-0.05, 0) is 31.5 Å². The first kappa shape index (κ1) is 19.4. The minimum atomic E-state index is 0.00397. The van der Waals surface area contributed by atoms with E-state index >= 15 is 0 Å². The number of benzene rings is 1. The van der Waals surface area contributed by atoms with Crippen molar-refractivity contribution in [2.75, 3.05) is 37.6 Å². The molecule has 8 nitrogen and oxygen atoms in total. The fraction of sp³-hybridized carbons (Fsp3) is 0.400. The van der Waals surface area contributed by atoms with Crippen LogP contribution in [0.5, 0.6) is 0 Å². The van der Waals surface area contributed by atoms with Crippen LogP contribution in [-0.2, 0) is 0 Å². The molecular weight excluding hydrogens is 390 g/mol. The molecule has 0 saturated carbocycles. The smallest absolute Gasteiger partial charge is 0.317 e. The van der Waals surface area contributed by atoms with Crippen LogP contribution in [0.2, 0.25) is 5.02 Å². The van der Waals surface area contributed by atoms with Crippen LogP contribution in [-0.4, -0.2) is 63.4 Å². The van der Waals surface area contributed by atoms with E-state index in [2.05, 4.69) is 25.3 Å². The Morgan fingerprint density at radius 1 is 1.21 bits per heavy atom. The number of aromatic nitrogens is 4. The highest BCUT2D eigenvalue weighted by Gasteiger charge is 2.24. The van der Waals surface area contributed by atoms with Gasteiger partial charge in [0.2, 0.25) is 0 Å².